The Balaban J connectivity index is 2.41. The molecule has 0 radical (unpaired) electrons. The monoisotopic (exact) mass is 456 g/mol. The van der Waals surface area contributed by atoms with Gasteiger partial charge in [-0.15, -0.1) is 23.2 Å². The second kappa shape index (κ2) is 5.78. The average molecular weight is 459 g/mol. The van der Waals surface area contributed by atoms with Gasteiger partial charge in [0.05, 0.1) is 21.0 Å². The van der Waals surface area contributed by atoms with Gasteiger partial charge in [0.2, 0.25) is 11.6 Å². The van der Waals surface area contributed by atoms with Gasteiger partial charge in [-0.25, -0.2) is 0 Å². The van der Waals surface area contributed by atoms with Crippen molar-refractivity contribution in [2.24, 2.45) is 11.8 Å². The van der Waals surface area contributed by atoms with E-state index in [0.29, 0.717) is 0 Å². The maximum Gasteiger partial charge on any atom is 0.218 e. The standard InChI is InChI=1S/C14H14Cl6O4/c1-21-13(22-2)7-5(6(15)8(13)16)11(19)9(17)10(18)12(7,20)14(11,23-3)24-4/h5,7H,1-4H3/t5-,7+,11-,12-/m0/s1. The van der Waals surface area contributed by atoms with Crippen molar-refractivity contribution in [1.82, 2.24) is 0 Å². The summed E-state index contributed by atoms with van der Waals surface area (Å²) in [6.45, 7) is 0. The van der Waals surface area contributed by atoms with Gasteiger partial charge in [0.1, 0.15) is 9.75 Å². The Morgan fingerprint density at radius 2 is 1.17 bits per heavy atom. The first kappa shape index (κ1) is 19.8. The third kappa shape index (κ3) is 1.63. The second-order valence-corrected chi connectivity index (χ2v) is 8.50. The van der Waals surface area contributed by atoms with Gasteiger partial charge in [-0.3, -0.25) is 0 Å². The van der Waals surface area contributed by atoms with Crippen molar-refractivity contribution < 1.29 is 18.9 Å². The van der Waals surface area contributed by atoms with E-state index < -0.39 is 33.2 Å². The molecule has 0 saturated heterocycles. The summed E-state index contributed by atoms with van der Waals surface area (Å²) in [5.41, 5.74) is 0. The Labute approximate surface area is 169 Å². The highest BCUT2D eigenvalue weighted by molar-refractivity contribution is 6.53. The maximum atomic E-state index is 7.02. The number of alkyl halides is 2. The fraction of sp³-hybridized carbons (Fsp3) is 0.714. The average Bonchev–Trinajstić information content (AvgIpc) is 2.97. The smallest absolute Gasteiger partial charge is 0.218 e. The van der Waals surface area contributed by atoms with E-state index in [9.17, 15) is 0 Å². The number of methoxy groups -OCH3 is 4. The molecule has 2 bridgehead atoms. The molecule has 0 spiro atoms. The van der Waals surface area contributed by atoms with Gasteiger partial charge in [0.25, 0.3) is 0 Å². The first-order valence-electron chi connectivity index (χ1n) is 6.82. The van der Waals surface area contributed by atoms with Crippen molar-refractivity contribution >= 4 is 69.6 Å². The molecule has 3 rings (SSSR count). The molecule has 1 fully saturated rings. The molecular formula is C14H14Cl6O4. The first-order chi connectivity index (χ1) is 11.1. The number of fused-ring (bicyclic) bond motifs is 5. The fourth-order valence-electron chi connectivity index (χ4n) is 4.45. The summed E-state index contributed by atoms with van der Waals surface area (Å²) in [7, 11) is 5.65. The van der Waals surface area contributed by atoms with E-state index in [1.807, 2.05) is 0 Å². The topological polar surface area (TPSA) is 36.9 Å². The summed E-state index contributed by atoms with van der Waals surface area (Å²) in [4.78, 5) is -3.04. The predicted octanol–water partition coefficient (Wildman–Crippen LogP) is 4.57. The number of hydrogen-bond acceptors (Lipinski definition) is 4. The van der Waals surface area contributed by atoms with Crippen LogP contribution in [-0.4, -0.2) is 49.8 Å². The van der Waals surface area contributed by atoms with E-state index in [-0.39, 0.29) is 20.1 Å². The Kier molecular flexibility index (Phi) is 4.77. The van der Waals surface area contributed by atoms with E-state index in [1.54, 1.807) is 0 Å². The molecule has 4 nitrogen and oxygen atoms in total. The van der Waals surface area contributed by atoms with Crippen molar-refractivity contribution in [2.75, 3.05) is 28.4 Å². The lowest BCUT2D eigenvalue weighted by Gasteiger charge is -2.44. The lowest BCUT2D eigenvalue weighted by molar-refractivity contribution is -0.243. The van der Waals surface area contributed by atoms with Crippen molar-refractivity contribution in [2.45, 2.75) is 21.3 Å². The zero-order valence-corrected chi connectivity index (χ0v) is 17.6. The molecule has 0 unspecified atom stereocenters. The highest BCUT2D eigenvalue weighted by Gasteiger charge is 2.90. The van der Waals surface area contributed by atoms with E-state index in [4.69, 9.17) is 88.6 Å². The highest BCUT2D eigenvalue weighted by Crippen LogP contribution is 2.80. The molecule has 4 atom stereocenters. The Morgan fingerprint density at radius 3 is 1.58 bits per heavy atom. The molecule has 136 valence electrons. The van der Waals surface area contributed by atoms with Crippen LogP contribution in [-0.2, 0) is 18.9 Å². The maximum absolute atomic E-state index is 7.02. The lowest BCUT2D eigenvalue weighted by atomic mass is 9.81. The Morgan fingerprint density at radius 1 is 0.708 bits per heavy atom. The molecule has 0 amide bonds. The Bertz CT molecular complexity index is 656. The second-order valence-electron chi connectivity index (χ2n) is 5.77. The summed E-state index contributed by atoms with van der Waals surface area (Å²) in [5, 5.41) is 0.524. The number of allylic oxidation sites excluding steroid dienone is 1. The van der Waals surface area contributed by atoms with Gasteiger partial charge in [0, 0.05) is 39.4 Å². The van der Waals surface area contributed by atoms with E-state index in [0.717, 1.165) is 0 Å². The third-order valence-electron chi connectivity index (χ3n) is 5.36. The van der Waals surface area contributed by atoms with Gasteiger partial charge < -0.3 is 18.9 Å². The molecule has 0 aromatic rings. The van der Waals surface area contributed by atoms with Gasteiger partial charge >= 0.3 is 0 Å². The van der Waals surface area contributed by atoms with Crippen molar-refractivity contribution in [1.29, 1.82) is 0 Å². The Hall–Kier alpha value is 1.06. The normalized spacial score (nSPS) is 42.2. The van der Waals surface area contributed by atoms with Gasteiger partial charge in [-0.2, -0.15) is 0 Å². The molecule has 0 N–H and O–H groups in total. The molecule has 1 saturated carbocycles. The zero-order chi connectivity index (χ0) is 18.3. The summed E-state index contributed by atoms with van der Waals surface area (Å²) >= 11 is 39.9. The minimum atomic E-state index is -1.60. The van der Waals surface area contributed by atoms with Crippen molar-refractivity contribution in [3.63, 3.8) is 0 Å². The van der Waals surface area contributed by atoms with Crippen molar-refractivity contribution in [3.05, 3.63) is 20.1 Å². The number of ether oxygens (including phenoxy) is 4. The predicted molar refractivity (Wildman–Crippen MR) is 95.1 cm³/mol. The molecule has 0 aromatic carbocycles. The van der Waals surface area contributed by atoms with Crippen LogP contribution in [0.4, 0.5) is 0 Å². The molecule has 24 heavy (non-hydrogen) atoms. The molecule has 10 heteroatoms. The SMILES string of the molecule is COC1(OC)C(Cl)=C(Cl)[C@H]2[C@@H]1[C@]1(Cl)C(Cl)=C(Cl)[C@]2(Cl)C1(OC)OC. The third-order valence-corrected chi connectivity index (χ3v) is 8.96. The summed E-state index contributed by atoms with van der Waals surface area (Å²) in [6.07, 6.45) is 0. The van der Waals surface area contributed by atoms with Crippen LogP contribution in [0.3, 0.4) is 0 Å². The van der Waals surface area contributed by atoms with Gasteiger partial charge in [-0.1, -0.05) is 46.4 Å². The minimum absolute atomic E-state index is 0.0834. The molecule has 0 aromatic heterocycles. The van der Waals surface area contributed by atoms with Gasteiger partial charge in [0.15, 0.2) is 0 Å². The quantitative estimate of drug-likeness (QED) is 0.456. The van der Waals surface area contributed by atoms with Crippen LogP contribution in [0.1, 0.15) is 0 Å². The zero-order valence-electron chi connectivity index (χ0n) is 13.1. The van der Waals surface area contributed by atoms with E-state index >= 15 is 0 Å². The first-order valence-corrected chi connectivity index (χ1v) is 9.09. The number of rotatable bonds is 4. The van der Waals surface area contributed by atoms with E-state index in [1.165, 1.54) is 28.4 Å². The van der Waals surface area contributed by atoms with Gasteiger partial charge in [-0.05, 0) is 0 Å². The minimum Gasteiger partial charge on any atom is -0.350 e. The summed E-state index contributed by atoms with van der Waals surface area (Å²) < 4.78 is 22.5. The van der Waals surface area contributed by atoms with Crippen LogP contribution in [0.15, 0.2) is 20.1 Å². The van der Waals surface area contributed by atoms with Crippen molar-refractivity contribution in [3.8, 4) is 0 Å². The van der Waals surface area contributed by atoms with Crippen LogP contribution in [0, 0.1) is 11.8 Å². The van der Waals surface area contributed by atoms with Crippen LogP contribution in [0.25, 0.3) is 0 Å². The largest absolute Gasteiger partial charge is 0.350 e. The summed E-state index contributed by atoms with van der Waals surface area (Å²) in [6, 6.07) is 0. The number of halogens is 6. The van der Waals surface area contributed by atoms with Crippen LogP contribution in [0.2, 0.25) is 0 Å². The molecule has 3 aliphatic rings. The molecular weight excluding hydrogens is 445 g/mol. The number of hydrogen-bond donors (Lipinski definition) is 0. The van der Waals surface area contributed by atoms with Crippen LogP contribution in [0.5, 0.6) is 0 Å². The summed E-state index contributed by atoms with van der Waals surface area (Å²) in [5.74, 6) is -4.51. The fourth-order valence-corrected chi connectivity index (χ4v) is 7.54. The molecule has 0 aliphatic heterocycles. The lowest BCUT2D eigenvalue weighted by Crippen LogP contribution is -2.60. The molecule has 3 aliphatic carbocycles. The molecule has 0 heterocycles. The highest BCUT2D eigenvalue weighted by atomic mass is 35.5. The van der Waals surface area contributed by atoms with E-state index in [2.05, 4.69) is 0 Å². The van der Waals surface area contributed by atoms with Crippen LogP contribution < -0.4 is 0 Å². The van der Waals surface area contributed by atoms with Crippen LogP contribution >= 0.6 is 69.6 Å².